The molecule has 1 aliphatic rings. The van der Waals surface area contributed by atoms with Gasteiger partial charge in [-0.15, -0.1) is 4.91 Å². The summed E-state index contributed by atoms with van der Waals surface area (Å²) in [6.45, 7) is 2.28. The summed E-state index contributed by atoms with van der Waals surface area (Å²) in [6, 6.07) is 13.5. The van der Waals surface area contributed by atoms with Gasteiger partial charge in [0.05, 0.1) is 7.11 Å². The molecule has 0 aromatic heterocycles. The fourth-order valence-corrected chi connectivity index (χ4v) is 2.68. The number of benzene rings is 2. The molecule has 0 bridgehead atoms. The first-order valence-corrected chi connectivity index (χ1v) is 7.45. The average Bonchev–Trinajstić information content (AvgIpc) is 3.31. The van der Waals surface area contributed by atoms with E-state index in [1.807, 2.05) is 18.2 Å². The Morgan fingerprint density at radius 3 is 2.41 bits per heavy atom. The van der Waals surface area contributed by atoms with E-state index in [0.29, 0.717) is 5.69 Å². The number of nitroso groups, excluding NO2 is 1. The van der Waals surface area contributed by atoms with Crippen molar-refractivity contribution in [3.63, 3.8) is 0 Å². The second-order valence-electron chi connectivity index (χ2n) is 6.00. The molecule has 0 atom stereocenters. The van der Waals surface area contributed by atoms with E-state index in [-0.39, 0.29) is 5.41 Å². The summed E-state index contributed by atoms with van der Waals surface area (Å²) >= 11 is 0. The van der Waals surface area contributed by atoms with Gasteiger partial charge in [0.2, 0.25) is 0 Å². The standard InChI is InChI=1S/C19H19NO2/c1-19(12-13-19)17-5-3-4-15(18(17)22-2)9-6-14-7-10-16(20-21)11-8-14/h3-11H,12-13H2,1-2H3/b9-6+. The molecule has 1 fully saturated rings. The lowest BCUT2D eigenvalue weighted by Crippen LogP contribution is -2.04. The van der Waals surface area contributed by atoms with Crippen LogP contribution in [0.1, 0.15) is 36.5 Å². The van der Waals surface area contributed by atoms with Gasteiger partial charge in [0.15, 0.2) is 0 Å². The van der Waals surface area contributed by atoms with Crippen molar-refractivity contribution in [2.75, 3.05) is 7.11 Å². The maximum atomic E-state index is 10.4. The highest BCUT2D eigenvalue weighted by atomic mass is 16.5. The van der Waals surface area contributed by atoms with Gasteiger partial charge in [-0.25, -0.2) is 0 Å². The van der Waals surface area contributed by atoms with Crippen molar-refractivity contribution in [2.24, 2.45) is 5.18 Å². The van der Waals surface area contributed by atoms with Crippen LogP contribution in [0, 0.1) is 4.91 Å². The third kappa shape index (κ3) is 2.80. The molecule has 3 rings (SSSR count). The highest BCUT2D eigenvalue weighted by Crippen LogP contribution is 2.51. The Kier molecular flexibility index (Phi) is 3.80. The summed E-state index contributed by atoms with van der Waals surface area (Å²) in [7, 11) is 1.73. The minimum atomic E-state index is 0.270. The second kappa shape index (κ2) is 5.76. The first-order valence-electron chi connectivity index (χ1n) is 7.45. The maximum absolute atomic E-state index is 10.4. The monoisotopic (exact) mass is 293 g/mol. The molecule has 2 aromatic rings. The van der Waals surface area contributed by atoms with Crippen LogP contribution in [0.5, 0.6) is 5.75 Å². The minimum Gasteiger partial charge on any atom is -0.496 e. The third-order valence-corrected chi connectivity index (χ3v) is 4.35. The van der Waals surface area contributed by atoms with E-state index >= 15 is 0 Å². The molecule has 0 saturated heterocycles. The molecule has 3 nitrogen and oxygen atoms in total. The lowest BCUT2D eigenvalue weighted by atomic mass is 9.94. The summed E-state index contributed by atoms with van der Waals surface area (Å²) in [6.07, 6.45) is 6.51. The molecule has 0 N–H and O–H groups in total. The smallest absolute Gasteiger partial charge is 0.129 e. The molecule has 0 heterocycles. The van der Waals surface area contributed by atoms with Crippen molar-refractivity contribution in [3.8, 4) is 5.75 Å². The molecular formula is C19H19NO2. The number of hydrogen-bond acceptors (Lipinski definition) is 3. The number of methoxy groups -OCH3 is 1. The Hall–Kier alpha value is -2.42. The van der Waals surface area contributed by atoms with E-state index in [1.54, 1.807) is 19.2 Å². The Balaban J connectivity index is 1.91. The number of rotatable bonds is 5. The molecule has 0 radical (unpaired) electrons. The number of hydrogen-bond donors (Lipinski definition) is 0. The van der Waals surface area contributed by atoms with Gasteiger partial charge in [-0.3, -0.25) is 0 Å². The van der Waals surface area contributed by atoms with Gasteiger partial charge in [-0.1, -0.05) is 49.4 Å². The van der Waals surface area contributed by atoms with Gasteiger partial charge >= 0.3 is 0 Å². The Labute approximate surface area is 130 Å². The fourth-order valence-electron chi connectivity index (χ4n) is 2.68. The van der Waals surface area contributed by atoms with Gasteiger partial charge in [-0.2, -0.15) is 0 Å². The van der Waals surface area contributed by atoms with Crippen LogP contribution in [-0.2, 0) is 5.41 Å². The first kappa shape index (κ1) is 14.5. The summed E-state index contributed by atoms with van der Waals surface area (Å²) in [5.74, 6) is 0.963. The minimum absolute atomic E-state index is 0.270. The molecule has 1 saturated carbocycles. The van der Waals surface area contributed by atoms with E-state index in [0.717, 1.165) is 16.9 Å². The predicted octanol–water partition coefficient (Wildman–Crippen LogP) is 5.32. The van der Waals surface area contributed by atoms with Crippen molar-refractivity contribution in [3.05, 3.63) is 64.1 Å². The molecule has 0 unspecified atom stereocenters. The van der Waals surface area contributed by atoms with Gasteiger partial charge in [0.1, 0.15) is 11.4 Å². The third-order valence-electron chi connectivity index (χ3n) is 4.35. The first-order chi connectivity index (χ1) is 10.7. The Morgan fingerprint density at radius 2 is 1.82 bits per heavy atom. The summed E-state index contributed by atoms with van der Waals surface area (Å²) in [5.41, 5.74) is 4.10. The molecule has 3 heteroatoms. The summed E-state index contributed by atoms with van der Waals surface area (Å²) < 4.78 is 5.66. The summed E-state index contributed by atoms with van der Waals surface area (Å²) in [4.78, 5) is 10.4. The Bertz CT molecular complexity index is 713. The number of para-hydroxylation sites is 1. The zero-order chi connectivity index (χ0) is 15.6. The fraction of sp³-hybridized carbons (Fsp3) is 0.263. The lowest BCUT2D eigenvalue weighted by molar-refractivity contribution is 0.404. The normalized spacial score (nSPS) is 15.7. The molecular weight excluding hydrogens is 274 g/mol. The van der Waals surface area contributed by atoms with E-state index in [4.69, 9.17) is 4.74 Å². The SMILES string of the molecule is COc1c(/C=C/c2ccc(N=O)cc2)cccc1C1(C)CC1. The quantitative estimate of drug-likeness (QED) is 0.553. The largest absolute Gasteiger partial charge is 0.496 e. The van der Waals surface area contributed by atoms with Crippen LogP contribution in [0.25, 0.3) is 12.2 Å². The van der Waals surface area contributed by atoms with Gasteiger partial charge in [0, 0.05) is 11.1 Å². The van der Waals surface area contributed by atoms with E-state index in [1.165, 1.54) is 18.4 Å². The predicted molar refractivity (Wildman–Crippen MR) is 90.4 cm³/mol. The average molecular weight is 293 g/mol. The van der Waals surface area contributed by atoms with Gasteiger partial charge in [-0.05, 0) is 41.1 Å². The van der Waals surface area contributed by atoms with E-state index in [9.17, 15) is 4.91 Å². The Morgan fingerprint density at radius 1 is 1.09 bits per heavy atom. The van der Waals surface area contributed by atoms with Gasteiger partial charge in [0.25, 0.3) is 0 Å². The molecule has 1 aliphatic carbocycles. The topological polar surface area (TPSA) is 38.7 Å². The van der Waals surface area contributed by atoms with Crippen molar-refractivity contribution >= 4 is 17.8 Å². The van der Waals surface area contributed by atoms with Crippen molar-refractivity contribution < 1.29 is 4.74 Å². The van der Waals surface area contributed by atoms with E-state index < -0.39 is 0 Å². The molecule has 112 valence electrons. The zero-order valence-corrected chi connectivity index (χ0v) is 12.9. The van der Waals surface area contributed by atoms with Crippen LogP contribution in [0.2, 0.25) is 0 Å². The van der Waals surface area contributed by atoms with Crippen molar-refractivity contribution in [2.45, 2.75) is 25.2 Å². The van der Waals surface area contributed by atoms with Gasteiger partial charge < -0.3 is 4.74 Å². The highest BCUT2D eigenvalue weighted by molar-refractivity contribution is 5.74. The van der Waals surface area contributed by atoms with Crippen LogP contribution < -0.4 is 4.74 Å². The zero-order valence-electron chi connectivity index (χ0n) is 12.9. The van der Waals surface area contributed by atoms with Crippen LogP contribution in [-0.4, -0.2) is 7.11 Å². The van der Waals surface area contributed by atoms with Crippen molar-refractivity contribution in [1.82, 2.24) is 0 Å². The van der Waals surface area contributed by atoms with Crippen LogP contribution in [0.4, 0.5) is 5.69 Å². The molecule has 0 spiro atoms. The molecule has 0 aliphatic heterocycles. The van der Waals surface area contributed by atoms with Crippen LogP contribution >= 0.6 is 0 Å². The van der Waals surface area contributed by atoms with E-state index in [2.05, 4.69) is 36.4 Å². The summed E-state index contributed by atoms with van der Waals surface area (Å²) in [5, 5.41) is 2.91. The molecule has 22 heavy (non-hydrogen) atoms. The number of ether oxygens (including phenoxy) is 1. The number of nitrogens with zero attached hydrogens (tertiary/aromatic N) is 1. The maximum Gasteiger partial charge on any atom is 0.129 e. The van der Waals surface area contributed by atoms with Crippen molar-refractivity contribution in [1.29, 1.82) is 0 Å². The van der Waals surface area contributed by atoms with Crippen LogP contribution in [0.15, 0.2) is 47.6 Å². The second-order valence-corrected chi connectivity index (χ2v) is 6.00. The molecule has 2 aromatic carbocycles. The van der Waals surface area contributed by atoms with Crippen LogP contribution in [0.3, 0.4) is 0 Å². The molecule has 0 amide bonds. The lowest BCUT2D eigenvalue weighted by Gasteiger charge is -2.16. The highest BCUT2D eigenvalue weighted by Gasteiger charge is 2.41.